The molecule has 6 aliphatic heterocycles. The summed E-state index contributed by atoms with van der Waals surface area (Å²) in [6, 6.07) is -0.0599. The number of quaternary nitrogens is 1. The second-order valence-corrected chi connectivity index (χ2v) is 9.35. The van der Waals surface area contributed by atoms with Crippen LogP contribution in [0.5, 0.6) is 0 Å². The molecule has 1 spiro atoms. The highest BCUT2D eigenvalue weighted by Gasteiger charge is 2.89. The van der Waals surface area contributed by atoms with Gasteiger partial charge in [0.15, 0.2) is 11.3 Å². The van der Waals surface area contributed by atoms with Gasteiger partial charge in [0.1, 0.15) is 17.9 Å². The summed E-state index contributed by atoms with van der Waals surface area (Å²) in [7, 11) is 1.53. The molecular weight excluding hydrogens is 374 g/mol. The minimum Gasteiger partial charge on any atom is -0.632 e. The minimum absolute atomic E-state index is 0.0118. The van der Waals surface area contributed by atoms with Gasteiger partial charge in [-0.15, -0.1) is 0 Å². The Labute approximate surface area is 170 Å². The summed E-state index contributed by atoms with van der Waals surface area (Å²) in [5.74, 6) is 0.0336. The van der Waals surface area contributed by atoms with E-state index in [-0.39, 0.29) is 34.5 Å². The first-order valence-corrected chi connectivity index (χ1v) is 10.7. The molecule has 7 nitrogen and oxygen atoms in total. The molecule has 8 atom stereocenters. The third kappa shape index (κ3) is 1.65. The fourth-order valence-corrected chi connectivity index (χ4v) is 7.53. The summed E-state index contributed by atoms with van der Waals surface area (Å²) in [5, 5.41) is 14.3. The largest absolute Gasteiger partial charge is 0.632 e. The molecule has 2 unspecified atom stereocenters. The van der Waals surface area contributed by atoms with E-state index >= 15 is 0 Å². The maximum absolute atomic E-state index is 14.3. The number of esters is 1. The van der Waals surface area contributed by atoms with Crippen molar-refractivity contribution >= 4 is 5.97 Å². The van der Waals surface area contributed by atoms with Crippen LogP contribution in [-0.2, 0) is 23.7 Å². The highest BCUT2D eigenvalue weighted by Crippen LogP contribution is 2.75. The fourth-order valence-electron chi connectivity index (χ4n) is 7.53. The minimum atomic E-state index is -0.808. The number of carbonyl (C=O) groups excluding carboxylic acids is 1. The molecule has 6 aliphatic rings. The number of methoxy groups -OCH3 is 1. The Hall–Kier alpha value is -1.83. The second kappa shape index (κ2) is 5.25. The third-order valence-electron chi connectivity index (χ3n) is 8.48. The van der Waals surface area contributed by atoms with Crippen LogP contribution in [0.15, 0.2) is 35.0 Å². The van der Waals surface area contributed by atoms with Crippen LogP contribution in [0, 0.1) is 23.0 Å². The molecular formula is C22H27NO6. The average molecular weight is 401 g/mol. The van der Waals surface area contributed by atoms with Gasteiger partial charge in [-0.2, -0.15) is 0 Å². The zero-order valence-corrected chi connectivity index (χ0v) is 17.3. The quantitative estimate of drug-likeness (QED) is 0.313. The molecule has 0 saturated carbocycles. The van der Waals surface area contributed by atoms with Crippen molar-refractivity contribution in [2.75, 3.05) is 13.7 Å². The predicted octanol–water partition coefficient (Wildman–Crippen LogP) is 2.88. The molecule has 156 valence electrons. The normalized spacial score (nSPS) is 54.0. The van der Waals surface area contributed by atoms with Crippen LogP contribution in [0.3, 0.4) is 0 Å². The summed E-state index contributed by atoms with van der Waals surface area (Å²) >= 11 is 0. The number of piperidine rings is 1. The van der Waals surface area contributed by atoms with Crippen LogP contribution in [0.1, 0.15) is 40.0 Å². The molecule has 0 amide bonds. The van der Waals surface area contributed by atoms with Crippen LogP contribution in [0.4, 0.5) is 0 Å². The number of hydrogen-bond acceptors (Lipinski definition) is 6. The molecule has 6 heterocycles. The molecule has 5 fully saturated rings. The summed E-state index contributed by atoms with van der Waals surface area (Å²) in [5.41, 5.74) is -0.105. The highest BCUT2D eigenvalue weighted by molar-refractivity contribution is 5.93. The molecule has 0 N–H and O–H groups in total. The number of carbonyl (C=O) groups is 1. The van der Waals surface area contributed by atoms with Crippen molar-refractivity contribution in [3.8, 4) is 0 Å². The number of nitrogens with zero attached hydrogens (tertiary/aromatic N) is 1. The number of rotatable bonds is 3. The molecule has 6 rings (SSSR count). The van der Waals surface area contributed by atoms with Gasteiger partial charge in [-0.1, -0.05) is 19.9 Å². The number of cyclic esters (lactones) is 1. The van der Waals surface area contributed by atoms with E-state index in [1.54, 1.807) is 6.92 Å². The van der Waals surface area contributed by atoms with Crippen molar-refractivity contribution in [2.45, 2.75) is 63.5 Å². The van der Waals surface area contributed by atoms with Gasteiger partial charge in [-0.25, -0.2) is 4.79 Å². The first-order chi connectivity index (χ1) is 13.9. The number of allylic oxidation sites excluding steroid dienone is 2. The Morgan fingerprint density at radius 1 is 1.41 bits per heavy atom. The number of ether oxygens (including phenoxy) is 4. The SMILES string of the molecule is CC/C=C/[C@]12[C@@H]3CC[N+]1([O-])[C@H]1C[C@H]2OC32O/C(=C3\OC(=O)C(C)=C3OC)[C@H](C)[C@@H]12. The van der Waals surface area contributed by atoms with Gasteiger partial charge in [0.25, 0.3) is 0 Å². The van der Waals surface area contributed by atoms with Crippen molar-refractivity contribution < 1.29 is 28.4 Å². The number of hydroxylamine groups is 3. The van der Waals surface area contributed by atoms with Crippen molar-refractivity contribution in [3.63, 3.8) is 0 Å². The average Bonchev–Trinajstić information content (AvgIpc) is 3.37. The Balaban J connectivity index is 1.52. The van der Waals surface area contributed by atoms with Crippen LogP contribution >= 0.6 is 0 Å². The Morgan fingerprint density at radius 3 is 2.93 bits per heavy atom. The first-order valence-electron chi connectivity index (χ1n) is 10.7. The predicted molar refractivity (Wildman–Crippen MR) is 101 cm³/mol. The number of fused-ring (bicyclic) bond motifs is 1. The topological polar surface area (TPSA) is 77.0 Å². The van der Waals surface area contributed by atoms with Gasteiger partial charge in [0.2, 0.25) is 11.5 Å². The van der Waals surface area contributed by atoms with Crippen molar-refractivity contribution in [1.29, 1.82) is 0 Å². The molecule has 0 radical (unpaired) electrons. The van der Waals surface area contributed by atoms with E-state index in [1.165, 1.54) is 7.11 Å². The van der Waals surface area contributed by atoms with E-state index in [1.807, 2.05) is 0 Å². The van der Waals surface area contributed by atoms with Crippen LogP contribution in [0.2, 0.25) is 0 Å². The van der Waals surface area contributed by atoms with E-state index in [0.29, 0.717) is 29.4 Å². The van der Waals surface area contributed by atoms with Gasteiger partial charge < -0.3 is 28.8 Å². The zero-order valence-electron chi connectivity index (χ0n) is 17.3. The van der Waals surface area contributed by atoms with Gasteiger partial charge in [-0.3, -0.25) is 0 Å². The first kappa shape index (κ1) is 18.0. The van der Waals surface area contributed by atoms with E-state index in [2.05, 4.69) is 26.0 Å². The van der Waals surface area contributed by atoms with Crippen molar-refractivity contribution in [3.05, 3.63) is 40.2 Å². The molecule has 7 heteroatoms. The van der Waals surface area contributed by atoms with Crippen LogP contribution in [0.25, 0.3) is 0 Å². The molecule has 0 aromatic rings. The van der Waals surface area contributed by atoms with Gasteiger partial charge in [0.05, 0.1) is 31.1 Å². The lowest BCUT2D eigenvalue weighted by Gasteiger charge is -2.56. The van der Waals surface area contributed by atoms with E-state index in [9.17, 15) is 10.0 Å². The van der Waals surface area contributed by atoms with Gasteiger partial charge >= 0.3 is 5.97 Å². The Morgan fingerprint density at radius 2 is 2.21 bits per heavy atom. The van der Waals surface area contributed by atoms with Gasteiger partial charge in [-0.05, 0) is 19.4 Å². The summed E-state index contributed by atoms with van der Waals surface area (Å²) in [6.07, 6.45) is 6.61. The van der Waals surface area contributed by atoms with Crippen molar-refractivity contribution in [1.82, 2.24) is 0 Å². The fraction of sp³-hybridized carbons (Fsp3) is 0.682. The van der Waals surface area contributed by atoms with Crippen LogP contribution < -0.4 is 0 Å². The van der Waals surface area contributed by atoms with Gasteiger partial charge in [0, 0.05) is 18.8 Å². The molecule has 0 aromatic heterocycles. The molecule has 5 saturated heterocycles. The molecule has 29 heavy (non-hydrogen) atoms. The lowest BCUT2D eigenvalue weighted by Crippen LogP contribution is -2.68. The Bertz CT molecular complexity index is 922. The molecule has 5 bridgehead atoms. The van der Waals surface area contributed by atoms with E-state index in [0.717, 1.165) is 19.3 Å². The third-order valence-corrected chi connectivity index (χ3v) is 8.48. The number of hydrogen-bond donors (Lipinski definition) is 0. The summed E-state index contributed by atoms with van der Waals surface area (Å²) in [6.45, 7) is 6.47. The highest BCUT2D eigenvalue weighted by atomic mass is 16.7. The van der Waals surface area contributed by atoms with E-state index in [4.69, 9.17) is 18.9 Å². The van der Waals surface area contributed by atoms with E-state index < -0.39 is 17.3 Å². The van der Waals surface area contributed by atoms with Crippen molar-refractivity contribution in [2.24, 2.45) is 17.8 Å². The zero-order chi connectivity index (χ0) is 20.3. The monoisotopic (exact) mass is 401 g/mol. The smallest absolute Gasteiger partial charge is 0.343 e. The maximum atomic E-state index is 14.3. The molecule has 0 aliphatic carbocycles. The second-order valence-electron chi connectivity index (χ2n) is 9.35. The molecule has 0 aromatic carbocycles. The lowest BCUT2D eigenvalue weighted by molar-refractivity contribution is -0.931. The summed E-state index contributed by atoms with van der Waals surface area (Å²) in [4.78, 5) is 12.2. The summed E-state index contributed by atoms with van der Waals surface area (Å²) < 4.78 is 24.1. The van der Waals surface area contributed by atoms with Crippen LogP contribution in [-0.4, -0.2) is 47.7 Å². The lowest BCUT2D eigenvalue weighted by atomic mass is 9.70. The maximum Gasteiger partial charge on any atom is 0.343 e. The standard InChI is InChI=1S/C22H27NO6/c1-5-6-8-21-14-7-9-23(21,25)13-10-15(21)28-22(14)16(13)11(2)18(29-22)19-17(26-4)12(3)20(24)27-19/h6,8,11,13-16H,5,7,9-10H2,1-4H3/b8-6+,19-18-/t11-,13+,14+,15-,16+,21-,22?,23?/m1/s1. The Kier molecular flexibility index (Phi) is 3.26.